The molecule has 0 radical (unpaired) electrons. The molecular formula is C14H16F3NO2S. The van der Waals surface area contributed by atoms with E-state index in [1.165, 1.54) is 30.0 Å². The lowest BCUT2D eigenvalue weighted by Gasteiger charge is -2.17. The van der Waals surface area contributed by atoms with Gasteiger partial charge in [-0.05, 0) is 11.6 Å². The molecule has 1 rings (SSSR count). The average Bonchev–Trinajstić information content (AvgIpc) is 2.44. The maximum Gasteiger partial charge on any atom is 0.416 e. The fourth-order valence-electron chi connectivity index (χ4n) is 1.65. The lowest BCUT2D eigenvalue weighted by Crippen LogP contribution is -2.30. The van der Waals surface area contributed by atoms with Crippen LogP contribution >= 0.6 is 11.8 Å². The van der Waals surface area contributed by atoms with E-state index < -0.39 is 17.8 Å². The van der Waals surface area contributed by atoms with Crippen molar-refractivity contribution in [3.05, 3.63) is 48.0 Å². The van der Waals surface area contributed by atoms with E-state index in [1.54, 1.807) is 6.08 Å². The first-order valence-corrected chi connectivity index (χ1v) is 7.31. The Morgan fingerprint density at radius 3 is 2.71 bits per heavy atom. The van der Waals surface area contributed by atoms with Crippen molar-refractivity contribution in [3.63, 3.8) is 0 Å². The van der Waals surface area contributed by atoms with Crippen LogP contribution in [0.15, 0.2) is 36.9 Å². The first-order chi connectivity index (χ1) is 9.86. The molecule has 0 aliphatic rings. The van der Waals surface area contributed by atoms with E-state index in [4.69, 9.17) is 0 Å². The molecule has 0 aliphatic heterocycles. The zero-order valence-electron chi connectivity index (χ0n) is 11.2. The molecule has 0 aromatic heterocycles. The third-order valence-corrected chi connectivity index (χ3v) is 3.52. The Balaban J connectivity index is 2.62. The van der Waals surface area contributed by atoms with Crippen LogP contribution in [-0.2, 0) is 11.0 Å². The second-order valence-electron chi connectivity index (χ2n) is 4.21. The van der Waals surface area contributed by atoms with Gasteiger partial charge in [-0.15, -0.1) is 18.3 Å². The number of thioether (sulfide) groups is 1. The zero-order valence-corrected chi connectivity index (χ0v) is 12.0. The van der Waals surface area contributed by atoms with Crippen LogP contribution in [0.2, 0.25) is 0 Å². The second-order valence-corrected chi connectivity index (χ2v) is 5.24. The maximum absolute atomic E-state index is 12.8. The quantitative estimate of drug-likeness (QED) is 0.600. The van der Waals surface area contributed by atoms with Gasteiger partial charge in [-0.1, -0.05) is 24.3 Å². The Morgan fingerprint density at radius 2 is 2.10 bits per heavy atom. The maximum atomic E-state index is 12.8. The first kappa shape index (κ1) is 17.6. The van der Waals surface area contributed by atoms with Crippen LogP contribution in [0, 0.1) is 0 Å². The Hall–Kier alpha value is -1.47. The van der Waals surface area contributed by atoms with Crippen molar-refractivity contribution in [3.8, 4) is 0 Å². The van der Waals surface area contributed by atoms with Crippen molar-refractivity contribution in [2.75, 3.05) is 18.1 Å². The van der Waals surface area contributed by atoms with Crippen molar-refractivity contribution >= 4 is 17.7 Å². The molecule has 0 bridgehead atoms. The number of aliphatic hydroxyl groups is 1. The van der Waals surface area contributed by atoms with Gasteiger partial charge in [-0.25, -0.2) is 0 Å². The van der Waals surface area contributed by atoms with Crippen molar-refractivity contribution in [1.82, 2.24) is 5.32 Å². The van der Waals surface area contributed by atoms with Crippen LogP contribution < -0.4 is 5.32 Å². The number of rotatable bonds is 7. The zero-order chi connectivity index (χ0) is 15.9. The average molecular weight is 319 g/mol. The SMILES string of the molecule is C=CCSCC(=O)NCC(O)c1ccccc1C(F)(F)F. The normalized spacial score (nSPS) is 12.8. The number of aliphatic hydroxyl groups excluding tert-OH is 1. The Bertz CT molecular complexity index is 491. The highest BCUT2D eigenvalue weighted by Gasteiger charge is 2.34. The molecule has 116 valence electrons. The lowest BCUT2D eigenvalue weighted by molar-refractivity contribution is -0.139. The predicted octanol–water partition coefficient (Wildman–Crippen LogP) is 2.77. The molecule has 0 aliphatic carbocycles. The van der Waals surface area contributed by atoms with E-state index in [-0.39, 0.29) is 23.8 Å². The molecule has 3 nitrogen and oxygen atoms in total. The lowest BCUT2D eigenvalue weighted by atomic mass is 10.0. The summed E-state index contributed by atoms with van der Waals surface area (Å²) in [6.45, 7) is 3.24. The summed E-state index contributed by atoms with van der Waals surface area (Å²) in [5.74, 6) is 0.428. The van der Waals surface area contributed by atoms with E-state index >= 15 is 0 Å². The van der Waals surface area contributed by atoms with Gasteiger partial charge >= 0.3 is 6.18 Å². The van der Waals surface area contributed by atoms with Crippen LogP contribution in [0.3, 0.4) is 0 Å². The van der Waals surface area contributed by atoms with Gasteiger partial charge in [0.05, 0.1) is 17.4 Å². The van der Waals surface area contributed by atoms with Gasteiger partial charge in [-0.3, -0.25) is 4.79 Å². The summed E-state index contributed by atoms with van der Waals surface area (Å²) in [7, 11) is 0. The van der Waals surface area contributed by atoms with E-state index in [9.17, 15) is 23.1 Å². The molecule has 0 saturated carbocycles. The minimum Gasteiger partial charge on any atom is -0.387 e. The van der Waals surface area contributed by atoms with E-state index in [1.807, 2.05) is 0 Å². The number of amides is 1. The third kappa shape index (κ3) is 5.81. The number of carbonyl (C=O) groups is 1. The summed E-state index contributed by atoms with van der Waals surface area (Å²) < 4.78 is 38.4. The molecule has 21 heavy (non-hydrogen) atoms. The minimum atomic E-state index is -4.54. The minimum absolute atomic E-state index is 0.166. The number of alkyl halides is 3. The molecule has 0 saturated heterocycles. The monoisotopic (exact) mass is 319 g/mol. The van der Waals surface area contributed by atoms with Crippen molar-refractivity contribution in [2.45, 2.75) is 12.3 Å². The molecule has 2 N–H and O–H groups in total. The summed E-state index contributed by atoms with van der Waals surface area (Å²) in [4.78, 5) is 11.4. The van der Waals surface area contributed by atoms with Gasteiger partial charge in [0.2, 0.25) is 5.91 Å². The molecule has 1 atom stereocenters. The van der Waals surface area contributed by atoms with Gasteiger partial charge < -0.3 is 10.4 Å². The van der Waals surface area contributed by atoms with Crippen LogP contribution in [0.1, 0.15) is 17.2 Å². The van der Waals surface area contributed by atoms with Crippen molar-refractivity contribution in [1.29, 1.82) is 0 Å². The Kier molecular flexibility index (Phi) is 6.77. The molecule has 1 amide bonds. The van der Waals surface area contributed by atoms with Gasteiger partial charge in [0.15, 0.2) is 0 Å². The fraction of sp³-hybridized carbons (Fsp3) is 0.357. The number of carbonyl (C=O) groups excluding carboxylic acids is 1. The summed E-state index contributed by atoms with van der Waals surface area (Å²) in [5.41, 5.74) is -1.14. The van der Waals surface area contributed by atoms with Gasteiger partial charge in [0.25, 0.3) is 0 Å². The molecule has 0 heterocycles. The highest BCUT2D eigenvalue weighted by Crippen LogP contribution is 2.34. The molecule has 7 heteroatoms. The first-order valence-electron chi connectivity index (χ1n) is 6.15. The molecule has 1 aromatic rings. The van der Waals surface area contributed by atoms with Crippen LogP contribution in [0.4, 0.5) is 13.2 Å². The fourth-order valence-corrected chi connectivity index (χ4v) is 2.22. The molecule has 1 aromatic carbocycles. The molecule has 0 spiro atoms. The largest absolute Gasteiger partial charge is 0.416 e. The summed E-state index contributed by atoms with van der Waals surface area (Å²) >= 11 is 1.32. The number of nitrogens with one attached hydrogen (secondary N) is 1. The third-order valence-electron chi connectivity index (χ3n) is 2.59. The number of benzene rings is 1. The van der Waals surface area contributed by atoms with E-state index in [0.717, 1.165) is 6.07 Å². The van der Waals surface area contributed by atoms with Crippen LogP contribution in [-0.4, -0.2) is 29.1 Å². The van der Waals surface area contributed by atoms with E-state index in [2.05, 4.69) is 11.9 Å². The van der Waals surface area contributed by atoms with Crippen LogP contribution in [0.5, 0.6) is 0 Å². The van der Waals surface area contributed by atoms with Crippen molar-refractivity contribution < 1.29 is 23.1 Å². The number of hydrogen-bond acceptors (Lipinski definition) is 3. The van der Waals surface area contributed by atoms with Gasteiger partial charge in [0.1, 0.15) is 0 Å². The van der Waals surface area contributed by atoms with Crippen LogP contribution in [0.25, 0.3) is 0 Å². The smallest absolute Gasteiger partial charge is 0.387 e. The molecule has 1 unspecified atom stereocenters. The standard InChI is InChI=1S/C14H16F3NO2S/c1-2-7-21-9-13(20)18-8-12(19)10-5-3-4-6-11(10)14(15,16)17/h2-6,12,19H,1,7-9H2,(H,18,20). The highest BCUT2D eigenvalue weighted by atomic mass is 32.2. The predicted molar refractivity (Wildman–Crippen MR) is 76.9 cm³/mol. The van der Waals surface area contributed by atoms with Gasteiger partial charge in [0, 0.05) is 12.3 Å². The van der Waals surface area contributed by atoms with E-state index in [0.29, 0.717) is 5.75 Å². The topological polar surface area (TPSA) is 49.3 Å². The second kappa shape index (κ2) is 8.09. The molecular weight excluding hydrogens is 303 g/mol. The van der Waals surface area contributed by atoms with Crippen molar-refractivity contribution in [2.24, 2.45) is 0 Å². The van der Waals surface area contributed by atoms with Gasteiger partial charge in [-0.2, -0.15) is 13.2 Å². The Morgan fingerprint density at radius 1 is 1.43 bits per heavy atom. The molecule has 0 fully saturated rings. The summed E-state index contributed by atoms with van der Waals surface area (Å²) in [6.07, 6.45) is -4.30. The summed E-state index contributed by atoms with van der Waals surface area (Å²) in [5, 5.41) is 12.3. The Labute approximate surface area is 125 Å². The summed E-state index contributed by atoms with van der Waals surface area (Å²) in [6, 6.07) is 4.77. The number of halogens is 3. The highest BCUT2D eigenvalue weighted by molar-refractivity contribution is 8.00. The number of hydrogen-bond donors (Lipinski definition) is 2.